The van der Waals surface area contributed by atoms with Gasteiger partial charge in [0.1, 0.15) is 0 Å². The summed E-state index contributed by atoms with van der Waals surface area (Å²) in [5.74, 6) is 0. The summed E-state index contributed by atoms with van der Waals surface area (Å²) in [6.07, 6.45) is 1.13. The molecule has 0 fully saturated rings. The summed E-state index contributed by atoms with van der Waals surface area (Å²) in [6, 6.07) is 0. The predicted octanol–water partition coefficient (Wildman–Crippen LogP) is 3.05. The monoisotopic (exact) mass is 144 g/mol. The van der Waals surface area contributed by atoms with Crippen molar-refractivity contribution >= 4 is 12.6 Å². The van der Waals surface area contributed by atoms with E-state index in [1.807, 2.05) is 0 Å². The maximum Gasteiger partial charge on any atom is 0.0223 e. The minimum absolute atomic E-state index is 0.468. The van der Waals surface area contributed by atoms with E-state index in [1.54, 1.807) is 0 Å². The fourth-order valence-corrected chi connectivity index (χ4v) is 0.898. The third kappa shape index (κ3) is 2.95. The Kier molecular flexibility index (Phi) is 4.03. The Morgan fingerprint density at radius 2 is 1.78 bits per heavy atom. The normalized spacial score (nSPS) is 13.0. The van der Waals surface area contributed by atoms with Crippen molar-refractivity contribution in [2.24, 2.45) is 0 Å². The van der Waals surface area contributed by atoms with Crippen LogP contribution in [0.2, 0.25) is 0 Å². The van der Waals surface area contributed by atoms with E-state index < -0.39 is 0 Å². The van der Waals surface area contributed by atoms with Gasteiger partial charge in [-0.3, -0.25) is 0 Å². The maximum absolute atomic E-state index is 4.41. The van der Waals surface area contributed by atoms with Gasteiger partial charge in [-0.1, -0.05) is 18.1 Å². The summed E-state index contributed by atoms with van der Waals surface area (Å²) in [7, 11) is 0. The van der Waals surface area contributed by atoms with Crippen molar-refractivity contribution in [1.29, 1.82) is 0 Å². The van der Waals surface area contributed by atoms with E-state index in [-0.39, 0.29) is 0 Å². The molecule has 1 heteroatoms. The molecule has 0 heterocycles. The first kappa shape index (κ1) is 9.09. The smallest absolute Gasteiger partial charge is 0.0223 e. The van der Waals surface area contributed by atoms with Gasteiger partial charge >= 0.3 is 0 Å². The van der Waals surface area contributed by atoms with Crippen molar-refractivity contribution in [2.75, 3.05) is 0 Å². The Balaban J connectivity index is 4.02. The highest BCUT2D eigenvalue weighted by atomic mass is 32.1. The van der Waals surface area contributed by atoms with Gasteiger partial charge in [0.25, 0.3) is 0 Å². The fourth-order valence-electron chi connectivity index (χ4n) is 0.639. The van der Waals surface area contributed by atoms with Crippen LogP contribution >= 0.6 is 12.6 Å². The summed E-state index contributed by atoms with van der Waals surface area (Å²) >= 11 is 4.41. The van der Waals surface area contributed by atoms with E-state index >= 15 is 0 Å². The second kappa shape index (κ2) is 3.99. The highest BCUT2D eigenvalue weighted by molar-refractivity contribution is 7.81. The Morgan fingerprint density at radius 1 is 1.33 bits per heavy atom. The lowest BCUT2D eigenvalue weighted by molar-refractivity contribution is 0.915. The van der Waals surface area contributed by atoms with Crippen molar-refractivity contribution < 1.29 is 0 Å². The zero-order valence-corrected chi connectivity index (χ0v) is 7.63. The first-order chi connectivity index (χ1) is 4.09. The molecule has 0 saturated heterocycles. The summed E-state index contributed by atoms with van der Waals surface area (Å²) in [6.45, 7) is 8.57. The summed E-state index contributed by atoms with van der Waals surface area (Å²) in [5, 5.41) is 0.468. The Bertz CT molecular complexity index is 110. The minimum Gasteiger partial charge on any atom is -0.171 e. The second-order valence-corrected chi connectivity index (χ2v) is 3.23. The van der Waals surface area contributed by atoms with Crippen LogP contribution in [0.3, 0.4) is 0 Å². The van der Waals surface area contributed by atoms with Gasteiger partial charge in [0.05, 0.1) is 0 Å². The first-order valence-corrected chi connectivity index (χ1v) is 3.93. The molecule has 0 radical (unpaired) electrons. The topological polar surface area (TPSA) is 0 Å². The molecule has 0 aromatic rings. The molecule has 0 amide bonds. The Morgan fingerprint density at radius 3 is 1.89 bits per heavy atom. The van der Waals surface area contributed by atoms with Gasteiger partial charge in [-0.05, 0) is 27.2 Å². The molecule has 1 unspecified atom stereocenters. The van der Waals surface area contributed by atoms with Crippen LogP contribution in [0, 0.1) is 0 Å². The zero-order chi connectivity index (χ0) is 7.44. The van der Waals surface area contributed by atoms with Crippen LogP contribution in [0.4, 0.5) is 0 Å². The molecule has 0 aliphatic rings. The lowest BCUT2D eigenvalue weighted by Crippen LogP contribution is -1.98. The lowest BCUT2D eigenvalue weighted by Gasteiger charge is -2.09. The molecule has 0 aromatic carbocycles. The zero-order valence-electron chi connectivity index (χ0n) is 6.73. The molecule has 0 aliphatic carbocycles. The second-order valence-electron chi connectivity index (χ2n) is 2.61. The maximum atomic E-state index is 4.41. The highest BCUT2D eigenvalue weighted by Crippen LogP contribution is 2.15. The summed E-state index contributed by atoms with van der Waals surface area (Å²) < 4.78 is 0. The van der Waals surface area contributed by atoms with E-state index in [1.165, 1.54) is 11.1 Å². The molecule has 0 spiro atoms. The largest absolute Gasteiger partial charge is 0.171 e. The van der Waals surface area contributed by atoms with Crippen molar-refractivity contribution in [3.05, 3.63) is 11.1 Å². The summed E-state index contributed by atoms with van der Waals surface area (Å²) in [5.41, 5.74) is 2.82. The Hall–Kier alpha value is 0.0900. The third-order valence-electron chi connectivity index (χ3n) is 1.68. The molecule has 0 rings (SSSR count). The van der Waals surface area contributed by atoms with Crippen LogP contribution in [0.1, 0.15) is 34.1 Å². The number of thiol groups is 1. The van der Waals surface area contributed by atoms with Crippen LogP contribution in [0.25, 0.3) is 0 Å². The SMILES string of the molecule is CCC(S)C(C)=C(C)C. The molecule has 0 aliphatic heterocycles. The quantitative estimate of drug-likeness (QED) is 0.447. The van der Waals surface area contributed by atoms with Crippen LogP contribution in [0.5, 0.6) is 0 Å². The molecular formula is C8H16S. The highest BCUT2D eigenvalue weighted by Gasteiger charge is 2.01. The summed E-state index contributed by atoms with van der Waals surface area (Å²) in [4.78, 5) is 0. The van der Waals surface area contributed by atoms with Crippen LogP contribution in [-0.4, -0.2) is 5.25 Å². The molecular weight excluding hydrogens is 128 g/mol. The van der Waals surface area contributed by atoms with Gasteiger partial charge in [-0.25, -0.2) is 0 Å². The van der Waals surface area contributed by atoms with Gasteiger partial charge in [-0.15, -0.1) is 0 Å². The fraction of sp³-hybridized carbons (Fsp3) is 0.750. The van der Waals surface area contributed by atoms with Crippen LogP contribution in [0.15, 0.2) is 11.1 Å². The van der Waals surface area contributed by atoms with Crippen molar-refractivity contribution in [3.8, 4) is 0 Å². The van der Waals surface area contributed by atoms with E-state index in [9.17, 15) is 0 Å². The minimum atomic E-state index is 0.468. The number of hydrogen-bond donors (Lipinski definition) is 1. The van der Waals surface area contributed by atoms with Crippen molar-refractivity contribution in [2.45, 2.75) is 39.4 Å². The average molecular weight is 144 g/mol. The van der Waals surface area contributed by atoms with Gasteiger partial charge in [0.15, 0.2) is 0 Å². The molecule has 0 saturated carbocycles. The van der Waals surface area contributed by atoms with Gasteiger partial charge in [-0.2, -0.15) is 12.6 Å². The first-order valence-electron chi connectivity index (χ1n) is 3.41. The van der Waals surface area contributed by atoms with Crippen LogP contribution in [-0.2, 0) is 0 Å². The van der Waals surface area contributed by atoms with Gasteiger partial charge in [0.2, 0.25) is 0 Å². The number of allylic oxidation sites excluding steroid dienone is 1. The van der Waals surface area contributed by atoms with Crippen molar-refractivity contribution in [1.82, 2.24) is 0 Å². The van der Waals surface area contributed by atoms with E-state index in [2.05, 4.69) is 40.3 Å². The van der Waals surface area contributed by atoms with Crippen LogP contribution < -0.4 is 0 Å². The van der Waals surface area contributed by atoms with E-state index in [4.69, 9.17) is 0 Å². The molecule has 54 valence electrons. The van der Waals surface area contributed by atoms with Crippen molar-refractivity contribution in [3.63, 3.8) is 0 Å². The Labute approximate surface area is 63.8 Å². The average Bonchev–Trinajstić information content (AvgIpc) is 1.84. The molecule has 9 heavy (non-hydrogen) atoms. The third-order valence-corrected chi connectivity index (χ3v) is 2.43. The van der Waals surface area contributed by atoms with Gasteiger partial charge < -0.3 is 0 Å². The molecule has 1 atom stereocenters. The van der Waals surface area contributed by atoms with E-state index in [0.29, 0.717) is 5.25 Å². The van der Waals surface area contributed by atoms with E-state index in [0.717, 1.165) is 6.42 Å². The molecule has 0 nitrogen and oxygen atoms in total. The van der Waals surface area contributed by atoms with Gasteiger partial charge in [0, 0.05) is 5.25 Å². The molecule has 0 bridgehead atoms. The number of hydrogen-bond acceptors (Lipinski definition) is 1. The standard InChI is InChI=1S/C8H16S/c1-5-8(9)7(4)6(2)3/h8-9H,5H2,1-4H3. The molecule has 0 aromatic heterocycles. The molecule has 0 N–H and O–H groups in total. The lowest BCUT2D eigenvalue weighted by atomic mass is 10.1. The number of rotatable bonds is 2. The predicted molar refractivity (Wildman–Crippen MR) is 47.1 cm³/mol.